The summed E-state index contributed by atoms with van der Waals surface area (Å²) in [6, 6.07) is 121. The van der Waals surface area contributed by atoms with Gasteiger partial charge in [0.1, 0.15) is 0 Å². The Labute approximate surface area is 535 Å². The van der Waals surface area contributed by atoms with Crippen LogP contribution < -0.4 is 9.80 Å². The molecule has 4 heteroatoms. The fourth-order valence-electron chi connectivity index (χ4n) is 17.1. The standard InChI is InChI=1S/2C44H30N2/c2*1-45-42-22-12-8-18-36(42)37-27-30(24-26-43(37)45)46(29-13-3-2-4-14-29)31-23-25-35-34-17-7-11-21-40(34)44(41(35)28-31)38-19-9-5-15-32(38)33-16-6-10-20-39(33)44/h2*2-28H,1H3. The Balaban J connectivity index is 0.000000132. The number of rotatable bonds is 6. The molecule has 0 amide bonds. The summed E-state index contributed by atoms with van der Waals surface area (Å²) in [4.78, 5) is 4.84. The van der Waals surface area contributed by atoms with Crippen molar-refractivity contribution in [2.75, 3.05) is 9.80 Å². The Hall–Kier alpha value is -11.7. The van der Waals surface area contributed by atoms with Crippen molar-refractivity contribution in [3.63, 3.8) is 0 Å². The molecule has 4 aliphatic rings. The van der Waals surface area contributed by atoms with Gasteiger partial charge in [-0.1, -0.05) is 231 Å². The van der Waals surface area contributed by atoms with Crippen LogP contribution in [-0.4, -0.2) is 9.13 Å². The number of hydrogen-bond donors (Lipinski definition) is 0. The number of fused-ring (bicyclic) bond motifs is 26. The average Bonchev–Trinajstić information content (AvgIpc) is 1.52. The van der Waals surface area contributed by atoms with E-state index in [-0.39, 0.29) is 10.8 Å². The maximum Gasteiger partial charge on any atom is 0.0726 e. The molecular formula is C88H60N4. The van der Waals surface area contributed by atoms with Crippen LogP contribution in [0.15, 0.2) is 328 Å². The normalized spacial score (nSPS) is 13.5. The Morgan fingerprint density at radius 1 is 0.196 bits per heavy atom. The second-order valence-electron chi connectivity index (χ2n) is 25.1. The summed E-state index contributed by atoms with van der Waals surface area (Å²) in [5.74, 6) is 0. The van der Waals surface area contributed by atoms with Gasteiger partial charge in [0, 0.05) is 91.8 Å². The minimum atomic E-state index is -0.378. The molecule has 20 rings (SSSR count). The molecule has 92 heavy (non-hydrogen) atoms. The fraction of sp³-hybridized carbons (Fsp3) is 0.0455. The molecule has 14 aromatic carbocycles. The van der Waals surface area contributed by atoms with E-state index in [4.69, 9.17) is 0 Å². The van der Waals surface area contributed by atoms with Crippen molar-refractivity contribution in [3.05, 3.63) is 372 Å². The Bertz CT molecular complexity index is 5230. The van der Waals surface area contributed by atoms with Gasteiger partial charge in [0.15, 0.2) is 0 Å². The summed E-state index contributed by atoms with van der Waals surface area (Å²) in [7, 11) is 4.32. The van der Waals surface area contributed by atoms with Crippen LogP contribution in [-0.2, 0) is 24.9 Å². The van der Waals surface area contributed by atoms with Gasteiger partial charge in [-0.2, -0.15) is 0 Å². The van der Waals surface area contributed by atoms with E-state index >= 15 is 0 Å². The van der Waals surface area contributed by atoms with Crippen molar-refractivity contribution in [2.24, 2.45) is 14.1 Å². The third-order valence-electron chi connectivity index (χ3n) is 20.8. The smallest absolute Gasteiger partial charge is 0.0726 e. The second kappa shape index (κ2) is 19.9. The van der Waals surface area contributed by atoms with Crippen molar-refractivity contribution in [1.29, 1.82) is 0 Å². The van der Waals surface area contributed by atoms with Crippen LogP contribution in [0.2, 0.25) is 0 Å². The molecule has 0 bridgehead atoms. The number of nitrogens with zero attached hydrogens (tertiary/aromatic N) is 4. The molecular weight excluding hydrogens is 1110 g/mol. The van der Waals surface area contributed by atoms with E-state index in [0.29, 0.717) is 0 Å². The summed E-state index contributed by atoms with van der Waals surface area (Å²) in [5, 5.41) is 5.08. The van der Waals surface area contributed by atoms with E-state index in [2.05, 4.69) is 361 Å². The van der Waals surface area contributed by atoms with Crippen LogP contribution in [0.1, 0.15) is 44.5 Å². The van der Waals surface area contributed by atoms with E-state index in [0.717, 1.165) is 34.1 Å². The zero-order chi connectivity index (χ0) is 60.8. The highest BCUT2D eigenvalue weighted by Crippen LogP contribution is 2.65. The van der Waals surface area contributed by atoms with E-state index in [1.807, 2.05) is 0 Å². The van der Waals surface area contributed by atoms with Gasteiger partial charge in [-0.15, -0.1) is 0 Å². The molecule has 0 atom stereocenters. The molecule has 432 valence electrons. The highest BCUT2D eigenvalue weighted by Gasteiger charge is 2.53. The number of aromatic nitrogens is 2. The van der Waals surface area contributed by atoms with Crippen LogP contribution >= 0.6 is 0 Å². The maximum atomic E-state index is 2.47. The van der Waals surface area contributed by atoms with Gasteiger partial charge in [0.2, 0.25) is 0 Å². The lowest BCUT2D eigenvalue weighted by Crippen LogP contribution is -2.26. The first-order valence-corrected chi connectivity index (χ1v) is 32.0. The Morgan fingerprint density at radius 2 is 0.446 bits per heavy atom. The molecule has 2 aromatic heterocycles. The summed E-state index contributed by atoms with van der Waals surface area (Å²) >= 11 is 0. The monoisotopic (exact) mass is 1170 g/mol. The molecule has 0 saturated carbocycles. The van der Waals surface area contributed by atoms with E-state index in [1.54, 1.807) is 0 Å². The summed E-state index contributed by atoms with van der Waals surface area (Å²) in [6.07, 6.45) is 0. The molecule has 4 aliphatic carbocycles. The van der Waals surface area contributed by atoms with Gasteiger partial charge < -0.3 is 18.9 Å². The van der Waals surface area contributed by atoms with Crippen LogP contribution in [0, 0.1) is 0 Å². The lowest BCUT2D eigenvalue weighted by molar-refractivity contribution is 0.793. The number of anilines is 6. The molecule has 0 radical (unpaired) electrons. The van der Waals surface area contributed by atoms with Gasteiger partial charge in [0.25, 0.3) is 0 Å². The fourth-order valence-corrected chi connectivity index (χ4v) is 17.1. The molecule has 4 nitrogen and oxygen atoms in total. The first kappa shape index (κ1) is 52.2. The molecule has 2 heterocycles. The number of aryl methyl sites for hydroxylation is 2. The molecule has 0 saturated heterocycles. The third-order valence-corrected chi connectivity index (χ3v) is 20.8. The topological polar surface area (TPSA) is 16.3 Å². The summed E-state index contributed by atoms with van der Waals surface area (Å²) < 4.78 is 4.60. The number of hydrogen-bond acceptors (Lipinski definition) is 2. The van der Waals surface area contributed by atoms with Crippen molar-refractivity contribution < 1.29 is 0 Å². The lowest BCUT2D eigenvalue weighted by atomic mass is 9.70. The number of para-hydroxylation sites is 4. The minimum absolute atomic E-state index is 0.378. The molecule has 0 fully saturated rings. The molecule has 0 unspecified atom stereocenters. The average molecular weight is 1170 g/mol. The van der Waals surface area contributed by atoms with Crippen molar-refractivity contribution >= 4 is 77.7 Å². The quantitative estimate of drug-likeness (QED) is 0.165. The highest BCUT2D eigenvalue weighted by atomic mass is 15.1. The first-order valence-electron chi connectivity index (χ1n) is 32.0. The zero-order valence-corrected chi connectivity index (χ0v) is 51.0. The minimum Gasteiger partial charge on any atom is -0.344 e. The Morgan fingerprint density at radius 3 is 0.783 bits per heavy atom. The van der Waals surface area contributed by atoms with Crippen LogP contribution in [0.25, 0.3) is 88.1 Å². The zero-order valence-electron chi connectivity index (χ0n) is 51.0. The predicted octanol–water partition coefficient (Wildman–Crippen LogP) is 22.3. The number of benzene rings is 14. The van der Waals surface area contributed by atoms with Gasteiger partial charge in [-0.3, -0.25) is 0 Å². The predicted molar refractivity (Wildman–Crippen MR) is 383 cm³/mol. The Kier molecular flexibility index (Phi) is 11.3. The summed E-state index contributed by atoms with van der Waals surface area (Å²) in [6.45, 7) is 0. The van der Waals surface area contributed by atoms with E-state index < -0.39 is 0 Å². The first-order chi connectivity index (χ1) is 45.5. The van der Waals surface area contributed by atoms with Crippen molar-refractivity contribution in [3.8, 4) is 44.5 Å². The van der Waals surface area contributed by atoms with Gasteiger partial charge in [-0.25, -0.2) is 0 Å². The molecule has 2 spiro atoms. The largest absolute Gasteiger partial charge is 0.344 e. The lowest BCUT2D eigenvalue weighted by Gasteiger charge is -2.32. The van der Waals surface area contributed by atoms with Crippen molar-refractivity contribution in [1.82, 2.24) is 9.13 Å². The van der Waals surface area contributed by atoms with Crippen LogP contribution in [0.5, 0.6) is 0 Å². The second-order valence-corrected chi connectivity index (χ2v) is 25.1. The van der Waals surface area contributed by atoms with Gasteiger partial charge in [-0.05, 0) is 186 Å². The summed E-state index contributed by atoms with van der Waals surface area (Å²) in [5.41, 5.74) is 32.5. The van der Waals surface area contributed by atoms with E-state index in [1.165, 1.54) is 133 Å². The highest BCUT2D eigenvalue weighted by molar-refractivity contribution is 6.11. The van der Waals surface area contributed by atoms with Crippen LogP contribution in [0.4, 0.5) is 34.1 Å². The van der Waals surface area contributed by atoms with Crippen LogP contribution in [0.3, 0.4) is 0 Å². The maximum absolute atomic E-state index is 2.47. The van der Waals surface area contributed by atoms with Gasteiger partial charge >= 0.3 is 0 Å². The van der Waals surface area contributed by atoms with E-state index in [9.17, 15) is 0 Å². The van der Waals surface area contributed by atoms with Crippen molar-refractivity contribution in [2.45, 2.75) is 10.8 Å². The molecule has 0 N–H and O–H groups in total. The SMILES string of the molecule is Cn1c2ccccc2c2cc(N(c3ccccc3)c3ccc4c(c3)C3(c5ccccc5-c5ccccc53)c3ccccc3-4)ccc21.Cn1c2ccccc2c2cc(N(c3ccccc3)c3ccc4c(c3)C3(c5ccccc5-c5ccccc53)c3ccccc3-4)ccc21. The van der Waals surface area contributed by atoms with Gasteiger partial charge in [0.05, 0.1) is 10.8 Å². The third kappa shape index (κ3) is 7.12. The molecule has 0 aliphatic heterocycles. The molecule has 16 aromatic rings.